The van der Waals surface area contributed by atoms with Gasteiger partial charge in [0.15, 0.2) is 11.8 Å². The second kappa shape index (κ2) is 3.64. The van der Waals surface area contributed by atoms with Crippen molar-refractivity contribution < 1.29 is 4.42 Å². The molecule has 0 radical (unpaired) electrons. The maximum Gasteiger partial charge on any atom is 0.301 e. The Morgan fingerprint density at radius 3 is 2.93 bits per heavy atom. The number of hydrogen-bond acceptors (Lipinski definition) is 3. The molecule has 3 nitrogen and oxygen atoms in total. The summed E-state index contributed by atoms with van der Waals surface area (Å²) in [6.45, 7) is 0. The molecule has 0 aliphatic rings. The van der Waals surface area contributed by atoms with Crippen LogP contribution >= 0.6 is 15.9 Å². The fraction of sp³-hybridized carbons (Fsp3) is 0. The first kappa shape index (κ1) is 8.97. The number of oxazole rings is 1. The normalized spacial score (nSPS) is 9.71. The lowest BCUT2D eigenvalue weighted by atomic mass is 10.2. The van der Waals surface area contributed by atoms with Crippen molar-refractivity contribution in [2.75, 3.05) is 0 Å². The summed E-state index contributed by atoms with van der Waals surface area (Å²) >= 11 is 3.36. The Bertz CT molecular complexity index is 499. The van der Waals surface area contributed by atoms with E-state index in [1.165, 1.54) is 0 Å². The van der Waals surface area contributed by atoms with Gasteiger partial charge in [0.25, 0.3) is 0 Å². The number of nitrogens with zero attached hydrogens (tertiary/aromatic N) is 2. The van der Waals surface area contributed by atoms with Crippen LogP contribution in [-0.2, 0) is 0 Å². The molecule has 0 saturated carbocycles. The molecule has 0 saturated heterocycles. The van der Waals surface area contributed by atoms with E-state index >= 15 is 0 Å². The van der Waals surface area contributed by atoms with Gasteiger partial charge in [-0.1, -0.05) is 28.1 Å². The Balaban J connectivity index is 2.45. The second-order valence-corrected chi connectivity index (χ2v) is 3.57. The van der Waals surface area contributed by atoms with E-state index in [0.29, 0.717) is 5.76 Å². The van der Waals surface area contributed by atoms with E-state index < -0.39 is 0 Å². The number of aromatic nitrogens is 1. The molecule has 0 fully saturated rings. The molecule has 2 rings (SSSR count). The zero-order valence-corrected chi connectivity index (χ0v) is 8.65. The van der Waals surface area contributed by atoms with Crippen LogP contribution in [0.15, 0.2) is 39.4 Å². The Morgan fingerprint density at radius 2 is 2.29 bits per heavy atom. The van der Waals surface area contributed by atoms with Crippen LogP contribution in [0.4, 0.5) is 0 Å². The molecule has 0 bridgehead atoms. The van der Waals surface area contributed by atoms with Crippen molar-refractivity contribution in [1.29, 1.82) is 5.26 Å². The van der Waals surface area contributed by atoms with E-state index in [1.54, 1.807) is 6.20 Å². The van der Waals surface area contributed by atoms with Crippen LogP contribution in [-0.4, -0.2) is 4.98 Å². The van der Waals surface area contributed by atoms with E-state index in [9.17, 15) is 0 Å². The van der Waals surface area contributed by atoms with Crippen LogP contribution in [0.1, 0.15) is 5.89 Å². The van der Waals surface area contributed by atoms with Gasteiger partial charge in [0.05, 0.1) is 6.20 Å². The van der Waals surface area contributed by atoms with Gasteiger partial charge in [0.1, 0.15) is 0 Å². The Morgan fingerprint density at radius 1 is 1.43 bits per heavy atom. The zero-order valence-electron chi connectivity index (χ0n) is 7.07. The Labute approximate surface area is 89.1 Å². The van der Waals surface area contributed by atoms with Gasteiger partial charge in [0.2, 0.25) is 0 Å². The minimum atomic E-state index is 0.0833. The van der Waals surface area contributed by atoms with Gasteiger partial charge in [-0.15, -0.1) is 0 Å². The number of nitriles is 1. The molecule has 1 heterocycles. The quantitative estimate of drug-likeness (QED) is 0.780. The molecule has 2 aromatic rings. The fourth-order valence-corrected chi connectivity index (χ4v) is 1.50. The van der Waals surface area contributed by atoms with E-state index in [2.05, 4.69) is 20.9 Å². The molecule has 1 aromatic heterocycles. The lowest BCUT2D eigenvalue weighted by Crippen LogP contribution is -1.72. The van der Waals surface area contributed by atoms with Crippen LogP contribution in [0.3, 0.4) is 0 Å². The lowest BCUT2D eigenvalue weighted by molar-refractivity contribution is 0.555. The fourth-order valence-electron chi connectivity index (χ4n) is 1.10. The highest BCUT2D eigenvalue weighted by molar-refractivity contribution is 9.10. The minimum Gasteiger partial charge on any atom is -0.428 e. The molecule has 1 aromatic carbocycles. The molecule has 0 amide bonds. The van der Waals surface area contributed by atoms with Crippen LogP contribution < -0.4 is 0 Å². The van der Waals surface area contributed by atoms with Gasteiger partial charge in [0, 0.05) is 10.0 Å². The molecule has 68 valence electrons. The Hall–Kier alpha value is -1.60. The van der Waals surface area contributed by atoms with Crippen molar-refractivity contribution in [3.05, 3.63) is 40.8 Å². The lowest BCUT2D eigenvalue weighted by Gasteiger charge is -1.95. The van der Waals surface area contributed by atoms with Gasteiger partial charge in [-0.3, -0.25) is 0 Å². The molecule has 0 atom stereocenters. The smallest absolute Gasteiger partial charge is 0.301 e. The van der Waals surface area contributed by atoms with Crippen molar-refractivity contribution in [3.63, 3.8) is 0 Å². The molecule has 0 N–H and O–H groups in total. The first-order valence-corrected chi connectivity index (χ1v) is 4.71. The topological polar surface area (TPSA) is 49.8 Å². The molecule has 0 unspecified atom stereocenters. The highest BCUT2D eigenvalue weighted by Crippen LogP contribution is 2.23. The van der Waals surface area contributed by atoms with E-state index in [0.717, 1.165) is 10.0 Å². The SMILES string of the molecule is N#Cc1ncc(-c2cccc(Br)c2)o1. The third-order valence-electron chi connectivity index (χ3n) is 1.71. The molecule has 14 heavy (non-hydrogen) atoms. The monoisotopic (exact) mass is 248 g/mol. The molecule has 0 aliphatic carbocycles. The maximum atomic E-state index is 8.54. The van der Waals surface area contributed by atoms with Crippen molar-refractivity contribution in [2.45, 2.75) is 0 Å². The van der Waals surface area contributed by atoms with Gasteiger partial charge in [-0.25, -0.2) is 4.98 Å². The van der Waals surface area contributed by atoms with Gasteiger partial charge < -0.3 is 4.42 Å². The van der Waals surface area contributed by atoms with Crippen molar-refractivity contribution in [1.82, 2.24) is 4.98 Å². The minimum absolute atomic E-state index is 0.0833. The number of hydrogen-bond donors (Lipinski definition) is 0. The van der Waals surface area contributed by atoms with Gasteiger partial charge >= 0.3 is 5.89 Å². The number of benzene rings is 1. The number of halogens is 1. The molecular formula is C10H5BrN2O. The zero-order chi connectivity index (χ0) is 9.97. The van der Waals surface area contributed by atoms with E-state index in [4.69, 9.17) is 9.68 Å². The molecular weight excluding hydrogens is 244 g/mol. The molecule has 0 aliphatic heterocycles. The van der Waals surface area contributed by atoms with Crippen LogP contribution in [0, 0.1) is 11.3 Å². The van der Waals surface area contributed by atoms with Gasteiger partial charge in [-0.2, -0.15) is 5.26 Å². The first-order chi connectivity index (χ1) is 6.79. The highest BCUT2D eigenvalue weighted by Gasteiger charge is 2.05. The third kappa shape index (κ3) is 1.68. The van der Waals surface area contributed by atoms with E-state index in [-0.39, 0.29) is 5.89 Å². The number of rotatable bonds is 1. The standard InChI is InChI=1S/C10H5BrN2O/c11-8-3-1-2-7(4-8)9-6-13-10(5-12)14-9/h1-4,6H. The predicted molar refractivity (Wildman–Crippen MR) is 54.4 cm³/mol. The summed E-state index contributed by atoms with van der Waals surface area (Å²) in [6, 6.07) is 9.46. The average Bonchev–Trinajstić information content (AvgIpc) is 2.66. The summed E-state index contributed by atoms with van der Waals surface area (Å²) in [6.07, 6.45) is 1.54. The molecule has 0 spiro atoms. The second-order valence-electron chi connectivity index (χ2n) is 2.65. The van der Waals surface area contributed by atoms with E-state index in [1.807, 2.05) is 30.3 Å². The van der Waals surface area contributed by atoms with Gasteiger partial charge in [-0.05, 0) is 12.1 Å². The van der Waals surface area contributed by atoms with Crippen molar-refractivity contribution >= 4 is 15.9 Å². The predicted octanol–water partition coefficient (Wildman–Crippen LogP) is 2.98. The van der Waals surface area contributed by atoms with Crippen molar-refractivity contribution in [3.8, 4) is 17.4 Å². The third-order valence-corrected chi connectivity index (χ3v) is 2.20. The Kier molecular flexibility index (Phi) is 2.33. The molecule has 4 heteroatoms. The van der Waals surface area contributed by atoms with Crippen LogP contribution in [0.25, 0.3) is 11.3 Å². The summed E-state index contributed by atoms with van der Waals surface area (Å²) in [4.78, 5) is 3.80. The summed E-state index contributed by atoms with van der Waals surface area (Å²) in [5, 5.41) is 8.54. The average molecular weight is 249 g/mol. The summed E-state index contributed by atoms with van der Waals surface area (Å²) in [5.41, 5.74) is 0.897. The largest absolute Gasteiger partial charge is 0.428 e. The summed E-state index contributed by atoms with van der Waals surface area (Å²) in [5.74, 6) is 0.683. The van der Waals surface area contributed by atoms with Crippen LogP contribution in [0.5, 0.6) is 0 Å². The summed E-state index contributed by atoms with van der Waals surface area (Å²) in [7, 11) is 0. The highest BCUT2D eigenvalue weighted by atomic mass is 79.9. The maximum absolute atomic E-state index is 8.54. The van der Waals surface area contributed by atoms with Crippen molar-refractivity contribution in [2.24, 2.45) is 0 Å². The first-order valence-electron chi connectivity index (χ1n) is 3.91. The summed E-state index contributed by atoms with van der Waals surface area (Å²) < 4.78 is 6.14. The van der Waals surface area contributed by atoms with Crippen LogP contribution in [0.2, 0.25) is 0 Å².